The van der Waals surface area contributed by atoms with Crippen molar-refractivity contribution >= 4 is 27.8 Å². The first-order chi connectivity index (χ1) is 16.7. The third-order valence-electron chi connectivity index (χ3n) is 5.82. The lowest BCUT2D eigenvalue weighted by Gasteiger charge is -2.20. The molecule has 0 spiro atoms. The lowest BCUT2D eigenvalue weighted by molar-refractivity contribution is 0.0931. The van der Waals surface area contributed by atoms with Gasteiger partial charge in [0, 0.05) is 5.56 Å². The predicted molar refractivity (Wildman–Crippen MR) is 130 cm³/mol. The lowest BCUT2D eigenvalue weighted by atomic mass is 10.1. The van der Waals surface area contributed by atoms with E-state index in [1.54, 1.807) is 24.3 Å². The number of imidazole rings is 1. The molecule has 8 nitrogen and oxygen atoms in total. The number of carbonyl (C=O) groups excluding carboxylic acids is 1. The normalized spacial score (nSPS) is 12.1. The molecule has 1 atom stereocenters. The van der Waals surface area contributed by atoms with Crippen molar-refractivity contribution in [2.45, 2.75) is 32.5 Å². The monoisotopic (exact) mass is 452 g/mol. The summed E-state index contributed by atoms with van der Waals surface area (Å²) in [6, 6.07) is 23.6. The average molecular weight is 453 g/mol. The van der Waals surface area contributed by atoms with Crippen LogP contribution < -0.4 is 10.9 Å². The molecular formula is C26H24N6O2. The number of amides is 1. The Labute approximate surface area is 195 Å². The fraction of sp³-hybridized carbons (Fsp3) is 0.192. The third-order valence-corrected chi connectivity index (χ3v) is 5.82. The van der Waals surface area contributed by atoms with E-state index in [1.807, 2.05) is 59.2 Å². The fourth-order valence-corrected chi connectivity index (χ4v) is 4.14. The summed E-state index contributed by atoms with van der Waals surface area (Å²) in [5.41, 5.74) is 2.56. The fourth-order valence-electron chi connectivity index (χ4n) is 4.14. The molecule has 1 unspecified atom stereocenters. The van der Waals surface area contributed by atoms with Gasteiger partial charge in [0.25, 0.3) is 11.5 Å². The van der Waals surface area contributed by atoms with E-state index in [1.165, 1.54) is 4.68 Å². The van der Waals surface area contributed by atoms with Crippen molar-refractivity contribution < 1.29 is 4.79 Å². The molecule has 0 saturated heterocycles. The highest BCUT2D eigenvalue weighted by Gasteiger charge is 2.23. The maximum Gasteiger partial charge on any atom is 0.279 e. The average Bonchev–Trinajstić information content (AvgIpc) is 3.24. The van der Waals surface area contributed by atoms with Crippen LogP contribution in [0.2, 0.25) is 0 Å². The molecule has 34 heavy (non-hydrogen) atoms. The van der Waals surface area contributed by atoms with Gasteiger partial charge < -0.3 is 9.88 Å². The van der Waals surface area contributed by atoms with Gasteiger partial charge in [-0.3, -0.25) is 9.59 Å². The number of hydrogen-bond acceptors (Lipinski definition) is 5. The number of fused-ring (bicyclic) bond motifs is 2. The molecule has 170 valence electrons. The number of nitrogens with one attached hydrogen (secondary N) is 1. The molecule has 0 aliphatic rings. The molecule has 0 aliphatic carbocycles. The van der Waals surface area contributed by atoms with Crippen LogP contribution in [-0.2, 0) is 6.67 Å². The summed E-state index contributed by atoms with van der Waals surface area (Å²) < 4.78 is 3.27. The minimum Gasteiger partial charge on any atom is -0.342 e. The van der Waals surface area contributed by atoms with E-state index in [4.69, 9.17) is 4.98 Å². The van der Waals surface area contributed by atoms with Gasteiger partial charge in [-0.1, -0.05) is 61.0 Å². The van der Waals surface area contributed by atoms with Crippen molar-refractivity contribution in [3.63, 3.8) is 0 Å². The maximum atomic E-state index is 13.1. The van der Waals surface area contributed by atoms with E-state index in [9.17, 15) is 9.59 Å². The minimum absolute atomic E-state index is 0.133. The Hall–Kier alpha value is -4.33. The molecule has 2 aromatic heterocycles. The second kappa shape index (κ2) is 9.27. The van der Waals surface area contributed by atoms with Gasteiger partial charge in [0.1, 0.15) is 18.0 Å². The molecule has 2 heterocycles. The highest BCUT2D eigenvalue weighted by Crippen LogP contribution is 2.24. The van der Waals surface area contributed by atoms with Crippen molar-refractivity contribution in [1.82, 2.24) is 29.9 Å². The van der Waals surface area contributed by atoms with Gasteiger partial charge in [0.15, 0.2) is 0 Å². The maximum absolute atomic E-state index is 13.1. The van der Waals surface area contributed by atoms with Crippen LogP contribution in [0.1, 0.15) is 42.0 Å². The summed E-state index contributed by atoms with van der Waals surface area (Å²) in [5, 5.41) is 12.0. The van der Waals surface area contributed by atoms with Gasteiger partial charge in [0.2, 0.25) is 0 Å². The summed E-state index contributed by atoms with van der Waals surface area (Å²) in [6.07, 6.45) is 1.54. The smallest absolute Gasteiger partial charge is 0.279 e. The molecule has 1 N–H and O–H groups in total. The Morgan fingerprint density at radius 1 is 0.941 bits per heavy atom. The lowest BCUT2D eigenvalue weighted by Crippen LogP contribution is -2.33. The summed E-state index contributed by atoms with van der Waals surface area (Å²) in [5.74, 6) is 0.509. The number of para-hydroxylation sites is 2. The zero-order chi connectivity index (χ0) is 23.5. The van der Waals surface area contributed by atoms with Crippen LogP contribution in [-0.4, -0.2) is 30.5 Å². The minimum atomic E-state index is -0.339. The Kier molecular flexibility index (Phi) is 5.86. The van der Waals surface area contributed by atoms with Crippen molar-refractivity contribution in [3.8, 4) is 0 Å². The topological polar surface area (TPSA) is 94.7 Å². The Morgan fingerprint density at radius 2 is 1.65 bits per heavy atom. The van der Waals surface area contributed by atoms with Crippen LogP contribution in [0.3, 0.4) is 0 Å². The number of aromatic nitrogens is 5. The first-order valence-electron chi connectivity index (χ1n) is 11.3. The second-order valence-corrected chi connectivity index (χ2v) is 8.12. The molecule has 1 amide bonds. The van der Waals surface area contributed by atoms with E-state index in [-0.39, 0.29) is 24.2 Å². The molecule has 0 bridgehead atoms. The Morgan fingerprint density at radius 3 is 2.44 bits per heavy atom. The highest BCUT2D eigenvalue weighted by atomic mass is 16.2. The molecule has 0 radical (unpaired) electrons. The number of hydrogen-bond donors (Lipinski definition) is 1. The first-order valence-corrected chi connectivity index (χ1v) is 11.3. The van der Waals surface area contributed by atoms with Gasteiger partial charge in [0.05, 0.1) is 22.5 Å². The molecule has 3 aromatic carbocycles. The van der Waals surface area contributed by atoms with E-state index in [0.717, 1.165) is 17.5 Å². The largest absolute Gasteiger partial charge is 0.342 e. The van der Waals surface area contributed by atoms with Crippen LogP contribution in [0.4, 0.5) is 0 Å². The van der Waals surface area contributed by atoms with Crippen molar-refractivity contribution in [2.75, 3.05) is 0 Å². The zero-order valence-electron chi connectivity index (χ0n) is 18.8. The van der Waals surface area contributed by atoms with Gasteiger partial charge in [-0.2, -0.15) is 4.68 Å². The van der Waals surface area contributed by atoms with Crippen LogP contribution >= 0.6 is 0 Å². The first kappa shape index (κ1) is 21.5. The summed E-state index contributed by atoms with van der Waals surface area (Å²) >= 11 is 0. The number of carbonyl (C=O) groups is 1. The molecule has 5 aromatic rings. The second-order valence-electron chi connectivity index (χ2n) is 8.12. The standard InChI is InChI=1S/C26H24N6O2/c1-2-10-22(28-25(33)18-11-4-3-5-12-18)24-27-21-15-8-9-16-23(21)31(24)17-32-26(34)19-13-6-7-14-20(19)29-30-32/h3-9,11-16,22H,2,10,17H2,1H3,(H,28,33). The molecule has 8 heteroatoms. The summed E-state index contributed by atoms with van der Waals surface area (Å²) in [6.45, 7) is 2.20. The molecular weight excluding hydrogens is 428 g/mol. The van der Waals surface area contributed by atoms with E-state index >= 15 is 0 Å². The van der Waals surface area contributed by atoms with Crippen LogP contribution in [0.5, 0.6) is 0 Å². The molecule has 0 fully saturated rings. The van der Waals surface area contributed by atoms with Gasteiger partial charge >= 0.3 is 0 Å². The van der Waals surface area contributed by atoms with Gasteiger partial charge in [-0.25, -0.2) is 4.98 Å². The number of benzene rings is 3. The Bertz CT molecular complexity index is 1520. The van der Waals surface area contributed by atoms with Crippen molar-refractivity contribution in [3.05, 3.63) is 101 Å². The highest BCUT2D eigenvalue weighted by molar-refractivity contribution is 5.94. The Balaban J connectivity index is 1.58. The van der Waals surface area contributed by atoms with Gasteiger partial charge in [-0.05, 0) is 42.8 Å². The van der Waals surface area contributed by atoms with Crippen molar-refractivity contribution in [1.29, 1.82) is 0 Å². The number of rotatable bonds is 7. The molecule has 5 rings (SSSR count). The zero-order valence-corrected chi connectivity index (χ0v) is 18.8. The van der Waals surface area contributed by atoms with Crippen LogP contribution in [0, 0.1) is 0 Å². The SMILES string of the molecule is CCCC(NC(=O)c1ccccc1)c1nc2ccccc2n1Cn1nnc2ccccc2c1=O. The third kappa shape index (κ3) is 4.05. The molecule has 0 aliphatic heterocycles. The van der Waals surface area contributed by atoms with Crippen LogP contribution in [0.15, 0.2) is 83.7 Å². The van der Waals surface area contributed by atoms with Crippen molar-refractivity contribution in [2.24, 2.45) is 0 Å². The van der Waals surface area contributed by atoms with E-state index < -0.39 is 0 Å². The summed E-state index contributed by atoms with van der Waals surface area (Å²) in [7, 11) is 0. The number of nitrogens with zero attached hydrogens (tertiary/aromatic N) is 5. The van der Waals surface area contributed by atoms with Gasteiger partial charge in [-0.15, -0.1) is 5.10 Å². The quantitative estimate of drug-likeness (QED) is 0.404. The van der Waals surface area contributed by atoms with E-state index in [0.29, 0.717) is 28.7 Å². The van der Waals surface area contributed by atoms with Crippen LogP contribution in [0.25, 0.3) is 21.9 Å². The predicted octanol–water partition coefficient (Wildman–Crippen LogP) is 3.92. The summed E-state index contributed by atoms with van der Waals surface area (Å²) in [4.78, 5) is 30.9. The van der Waals surface area contributed by atoms with E-state index in [2.05, 4.69) is 22.6 Å². The molecule has 0 saturated carbocycles.